The van der Waals surface area contributed by atoms with Gasteiger partial charge in [0.2, 0.25) is 5.91 Å². The summed E-state index contributed by atoms with van der Waals surface area (Å²) in [6.45, 7) is 0.460. The van der Waals surface area contributed by atoms with Crippen LogP contribution in [0.2, 0.25) is 0 Å². The highest BCUT2D eigenvalue weighted by atomic mass is 32.2. The molecule has 1 unspecified atom stereocenters. The lowest BCUT2D eigenvalue weighted by molar-refractivity contribution is -0.384. The number of nitro benzene ring substituents is 1. The van der Waals surface area contributed by atoms with Gasteiger partial charge in [0.15, 0.2) is 0 Å². The number of non-ortho nitro benzene ring substituents is 1. The van der Waals surface area contributed by atoms with Crippen molar-refractivity contribution in [2.24, 2.45) is 0 Å². The average molecular weight is 396 g/mol. The van der Waals surface area contributed by atoms with Crippen LogP contribution in [0.1, 0.15) is 10.9 Å². The molecule has 1 atom stereocenters. The van der Waals surface area contributed by atoms with E-state index in [9.17, 15) is 19.7 Å². The maximum absolute atomic E-state index is 12.9. The first kappa shape index (κ1) is 18.2. The molecule has 1 fully saturated rings. The number of hydrogen-bond donors (Lipinski definition) is 0. The number of benzene rings is 2. The predicted octanol–water partition coefficient (Wildman–Crippen LogP) is 2.58. The van der Waals surface area contributed by atoms with Crippen molar-refractivity contribution in [2.75, 3.05) is 12.3 Å². The number of rotatable bonds is 4. The van der Waals surface area contributed by atoms with Crippen LogP contribution >= 0.6 is 11.8 Å². The van der Waals surface area contributed by atoms with Crippen LogP contribution in [-0.4, -0.2) is 37.6 Å². The standard InChI is InChI=1S/C19H16N4O4S/c24-17(11-21-12-20-16-4-2-1-3-15(16)18(21)25)22-9-10-28-19(22)13-5-7-14(8-6-13)23(26)27/h1-8,12,19H,9-11H2. The summed E-state index contributed by atoms with van der Waals surface area (Å²) in [7, 11) is 0. The highest BCUT2D eigenvalue weighted by molar-refractivity contribution is 7.99. The maximum atomic E-state index is 12.9. The van der Waals surface area contributed by atoms with Crippen LogP contribution in [0.15, 0.2) is 59.7 Å². The molecule has 1 saturated heterocycles. The molecular formula is C19H16N4O4S. The van der Waals surface area contributed by atoms with Gasteiger partial charge in [-0.05, 0) is 29.8 Å². The van der Waals surface area contributed by atoms with Gasteiger partial charge in [0.05, 0.1) is 22.2 Å². The third kappa shape index (κ3) is 3.36. The van der Waals surface area contributed by atoms with Gasteiger partial charge in [-0.15, -0.1) is 11.8 Å². The molecule has 9 heteroatoms. The second-order valence-corrected chi connectivity index (χ2v) is 7.54. The molecule has 28 heavy (non-hydrogen) atoms. The van der Waals surface area contributed by atoms with Crippen molar-refractivity contribution in [3.05, 3.63) is 80.9 Å². The molecule has 8 nitrogen and oxygen atoms in total. The van der Waals surface area contributed by atoms with E-state index in [1.54, 1.807) is 53.1 Å². The Bertz CT molecular complexity index is 1110. The van der Waals surface area contributed by atoms with Crippen molar-refractivity contribution in [2.45, 2.75) is 11.9 Å². The SMILES string of the molecule is O=C(Cn1cnc2ccccc2c1=O)N1CCSC1c1ccc([N+](=O)[O-])cc1. The molecule has 0 aliphatic carbocycles. The summed E-state index contributed by atoms with van der Waals surface area (Å²) in [5.41, 5.74) is 1.18. The molecule has 0 radical (unpaired) electrons. The van der Waals surface area contributed by atoms with Gasteiger partial charge in [-0.3, -0.25) is 24.3 Å². The topological polar surface area (TPSA) is 98.3 Å². The second-order valence-electron chi connectivity index (χ2n) is 6.35. The minimum absolute atomic E-state index is 0.0124. The molecule has 142 valence electrons. The highest BCUT2D eigenvalue weighted by Gasteiger charge is 2.31. The molecule has 2 heterocycles. The Morgan fingerprint density at radius 1 is 1.21 bits per heavy atom. The summed E-state index contributed by atoms with van der Waals surface area (Å²) in [6.07, 6.45) is 1.40. The zero-order valence-electron chi connectivity index (χ0n) is 14.7. The van der Waals surface area contributed by atoms with Gasteiger partial charge in [-0.25, -0.2) is 4.98 Å². The van der Waals surface area contributed by atoms with Crippen molar-refractivity contribution in [3.63, 3.8) is 0 Å². The fourth-order valence-electron chi connectivity index (χ4n) is 3.22. The Morgan fingerprint density at radius 2 is 1.96 bits per heavy atom. The third-order valence-corrected chi connectivity index (χ3v) is 5.90. The van der Waals surface area contributed by atoms with E-state index in [0.29, 0.717) is 17.4 Å². The van der Waals surface area contributed by atoms with E-state index in [0.717, 1.165) is 11.3 Å². The molecule has 3 aromatic rings. The average Bonchev–Trinajstić information content (AvgIpc) is 3.20. The molecule has 0 saturated carbocycles. The quantitative estimate of drug-likeness (QED) is 0.497. The Labute approximate surface area is 163 Å². The molecule has 0 spiro atoms. The number of nitrogens with zero attached hydrogens (tertiary/aromatic N) is 4. The van der Waals surface area contributed by atoms with Gasteiger partial charge in [0, 0.05) is 24.4 Å². The summed E-state index contributed by atoms with van der Waals surface area (Å²) >= 11 is 1.60. The van der Waals surface area contributed by atoms with Crippen LogP contribution in [0.4, 0.5) is 5.69 Å². The number of para-hydroxylation sites is 1. The Hall–Kier alpha value is -3.20. The zero-order valence-corrected chi connectivity index (χ0v) is 15.5. The van der Waals surface area contributed by atoms with Gasteiger partial charge >= 0.3 is 0 Å². The summed E-state index contributed by atoms with van der Waals surface area (Å²) < 4.78 is 1.32. The van der Waals surface area contributed by atoms with Crippen LogP contribution in [0, 0.1) is 10.1 Å². The van der Waals surface area contributed by atoms with Gasteiger partial charge in [0.1, 0.15) is 11.9 Å². The fraction of sp³-hybridized carbons (Fsp3) is 0.211. The van der Waals surface area contributed by atoms with Gasteiger partial charge in [-0.1, -0.05) is 12.1 Å². The Kier molecular flexibility index (Phi) is 4.82. The molecular weight excluding hydrogens is 380 g/mol. The Balaban J connectivity index is 1.56. The summed E-state index contributed by atoms with van der Waals surface area (Å²) in [5, 5.41) is 11.1. The largest absolute Gasteiger partial charge is 0.324 e. The summed E-state index contributed by atoms with van der Waals surface area (Å²) in [4.78, 5) is 41.8. The monoisotopic (exact) mass is 396 g/mol. The second kappa shape index (κ2) is 7.43. The molecule has 4 rings (SSSR count). The smallest absolute Gasteiger partial charge is 0.269 e. The van der Waals surface area contributed by atoms with Gasteiger partial charge in [-0.2, -0.15) is 0 Å². The number of amides is 1. The van der Waals surface area contributed by atoms with Crippen LogP contribution in [-0.2, 0) is 11.3 Å². The predicted molar refractivity (Wildman–Crippen MR) is 106 cm³/mol. The maximum Gasteiger partial charge on any atom is 0.269 e. The van der Waals surface area contributed by atoms with E-state index in [4.69, 9.17) is 0 Å². The van der Waals surface area contributed by atoms with Crippen molar-refractivity contribution < 1.29 is 9.72 Å². The van der Waals surface area contributed by atoms with E-state index in [2.05, 4.69) is 4.98 Å². The van der Waals surface area contributed by atoms with Gasteiger partial charge in [0.25, 0.3) is 11.2 Å². The number of fused-ring (bicyclic) bond motifs is 1. The van der Waals surface area contributed by atoms with Crippen LogP contribution in [0.3, 0.4) is 0 Å². The normalized spacial score (nSPS) is 16.4. The number of aromatic nitrogens is 2. The number of carbonyl (C=O) groups is 1. The number of hydrogen-bond acceptors (Lipinski definition) is 6. The molecule has 2 aromatic carbocycles. The lowest BCUT2D eigenvalue weighted by atomic mass is 10.2. The van der Waals surface area contributed by atoms with Crippen molar-refractivity contribution in [3.8, 4) is 0 Å². The zero-order chi connectivity index (χ0) is 19.7. The Morgan fingerprint density at radius 3 is 2.71 bits per heavy atom. The molecule has 0 bridgehead atoms. The van der Waals surface area contributed by atoms with Crippen molar-refractivity contribution in [1.29, 1.82) is 0 Å². The van der Waals surface area contributed by atoms with Crippen LogP contribution in [0.25, 0.3) is 10.9 Å². The molecule has 0 N–H and O–H groups in total. The molecule has 1 aliphatic rings. The van der Waals surface area contributed by atoms with Crippen LogP contribution in [0.5, 0.6) is 0 Å². The molecule has 1 aliphatic heterocycles. The molecule has 1 aromatic heterocycles. The van der Waals surface area contributed by atoms with Crippen molar-refractivity contribution in [1.82, 2.24) is 14.5 Å². The van der Waals surface area contributed by atoms with E-state index in [-0.39, 0.29) is 29.1 Å². The van der Waals surface area contributed by atoms with Crippen LogP contribution < -0.4 is 5.56 Å². The highest BCUT2D eigenvalue weighted by Crippen LogP contribution is 2.38. The fourth-order valence-corrected chi connectivity index (χ4v) is 4.50. The van der Waals surface area contributed by atoms with Crippen molar-refractivity contribution >= 4 is 34.3 Å². The molecule has 1 amide bonds. The summed E-state index contributed by atoms with van der Waals surface area (Å²) in [5.74, 6) is 0.575. The lowest BCUT2D eigenvalue weighted by Gasteiger charge is -2.24. The van der Waals surface area contributed by atoms with E-state index in [1.165, 1.54) is 23.0 Å². The first-order valence-electron chi connectivity index (χ1n) is 8.64. The van der Waals surface area contributed by atoms with E-state index >= 15 is 0 Å². The van der Waals surface area contributed by atoms with E-state index < -0.39 is 4.92 Å². The summed E-state index contributed by atoms with van der Waals surface area (Å²) in [6, 6.07) is 13.2. The third-order valence-electron chi connectivity index (χ3n) is 4.64. The van der Waals surface area contributed by atoms with E-state index in [1.807, 2.05) is 0 Å². The van der Waals surface area contributed by atoms with Gasteiger partial charge < -0.3 is 4.90 Å². The minimum atomic E-state index is -0.451. The number of nitro groups is 1. The lowest BCUT2D eigenvalue weighted by Crippen LogP contribution is -2.36. The minimum Gasteiger partial charge on any atom is -0.324 e. The first-order valence-corrected chi connectivity index (χ1v) is 9.69. The number of thioether (sulfide) groups is 1. The number of carbonyl (C=O) groups excluding carboxylic acids is 1. The first-order chi connectivity index (χ1) is 13.5.